The quantitative estimate of drug-likeness (QED) is 0.642. The van der Waals surface area contributed by atoms with Crippen molar-refractivity contribution in [3.8, 4) is 6.07 Å². The molecule has 4 heteroatoms. The van der Waals surface area contributed by atoms with Gasteiger partial charge in [0.1, 0.15) is 6.07 Å². The van der Waals surface area contributed by atoms with E-state index in [-0.39, 0.29) is 13.2 Å². The molecule has 1 aromatic carbocycles. The number of benzene rings is 1. The average Bonchev–Trinajstić information content (AvgIpc) is 2.26. The van der Waals surface area contributed by atoms with E-state index in [0.29, 0.717) is 11.3 Å². The Morgan fingerprint density at radius 2 is 2.14 bits per heavy atom. The second-order valence-electron chi connectivity index (χ2n) is 2.87. The third-order valence-corrected chi connectivity index (χ3v) is 1.79. The van der Waals surface area contributed by atoms with Crippen molar-refractivity contribution < 1.29 is 10.2 Å². The van der Waals surface area contributed by atoms with Gasteiger partial charge in [-0.25, -0.2) is 0 Å². The molecular weight excluding hydrogens is 180 g/mol. The number of aliphatic hydroxyl groups excluding tert-OH is 2. The fraction of sp³-hybridized carbons (Fsp3) is 0.300. The molecule has 14 heavy (non-hydrogen) atoms. The molecule has 0 unspecified atom stereocenters. The van der Waals surface area contributed by atoms with Crippen molar-refractivity contribution >= 4 is 5.69 Å². The first-order valence-electron chi connectivity index (χ1n) is 4.30. The van der Waals surface area contributed by atoms with Gasteiger partial charge in [0, 0.05) is 6.54 Å². The van der Waals surface area contributed by atoms with E-state index in [4.69, 9.17) is 15.5 Å². The molecule has 1 aromatic rings. The maximum Gasteiger partial charge on any atom is 0.101 e. The zero-order chi connectivity index (χ0) is 10.4. The largest absolute Gasteiger partial charge is 0.394 e. The molecule has 0 heterocycles. The van der Waals surface area contributed by atoms with Crippen LogP contribution in [0.1, 0.15) is 5.56 Å². The van der Waals surface area contributed by atoms with Gasteiger partial charge in [-0.3, -0.25) is 0 Å². The molecule has 1 atom stereocenters. The van der Waals surface area contributed by atoms with E-state index in [1.807, 2.05) is 6.07 Å². The molecule has 0 spiro atoms. The molecule has 74 valence electrons. The summed E-state index contributed by atoms with van der Waals surface area (Å²) < 4.78 is 0. The standard InChI is InChI=1S/C10H12N2O2/c11-5-8-3-1-2-4-10(8)12-6-9(14)7-13/h1-4,9,12-14H,6-7H2/t9-/m0/s1. The predicted molar refractivity (Wildman–Crippen MR) is 52.7 cm³/mol. The van der Waals surface area contributed by atoms with Gasteiger partial charge < -0.3 is 15.5 Å². The number of nitrogens with one attached hydrogen (secondary N) is 1. The zero-order valence-electron chi connectivity index (χ0n) is 7.64. The summed E-state index contributed by atoms with van der Waals surface area (Å²) in [5.74, 6) is 0. The van der Waals surface area contributed by atoms with E-state index in [1.54, 1.807) is 24.3 Å². The van der Waals surface area contributed by atoms with E-state index >= 15 is 0 Å². The van der Waals surface area contributed by atoms with Gasteiger partial charge in [0.05, 0.1) is 24.0 Å². The molecule has 0 saturated carbocycles. The van der Waals surface area contributed by atoms with E-state index in [2.05, 4.69) is 5.32 Å². The number of aliphatic hydroxyl groups is 2. The zero-order valence-corrected chi connectivity index (χ0v) is 7.64. The number of rotatable bonds is 4. The van der Waals surface area contributed by atoms with Gasteiger partial charge in [-0.1, -0.05) is 12.1 Å². The minimum Gasteiger partial charge on any atom is -0.394 e. The van der Waals surface area contributed by atoms with Crippen molar-refractivity contribution in [1.82, 2.24) is 0 Å². The highest BCUT2D eigenvalue weighted by Crippen LogP contribution is 2.12. The number of nitriles is 1. The van der Waals surface area contributed by atoms with Crippen molar-refractivity contribution in [1.29, 1.82) is 5.26 Å². The van der Waals surface area contributed by atoms with E-state index in [9.17, 15) is 0 Å². The lowest BCUT2D eigenvalue weighted by Crippen LogP contribution is -2.23. The normalized spacial score (nSPS) is 11.8. The third kappa shape index (κ3) is 2.73. The lowest BCUT2D eigenvalue weighted by atomic mass is 10.2. The van der Waals surface area contributed by atoms with Gasteiger partial charge in [0.2, 0.25) is 0 Å². The van der Waals surface area contributed by atoms with Crippen LogP contribution >= 0.6 is 0 Å². The molecule has 0 aliphatic rings. The summed E-state index contributed by atoms with van der Waals surface area (Å²) in [5, 5.41) is 29.3. The summed E-state index contributed by atoms with van der Waals surface area (Å²) in [4.78, 5) is 0. The Labute approximate surface area is 82.4 Å². The van der Waals surface area contributed by atoms with Gasteiger partial charge >= 0.3 is 0 Å². The minimum atomic E-state index is -0.804. The van der Waals surface area contributed by atoms with Gasteiger partial charge in [0.25, 0.3) is 0 Å². The Kier molecular flexibility index (Phi) is 3.92. The van der Waals surface area contributed by atoms with Crippen molar-refractivity contribution in [2.75, 3.05) is 18.5 Å². The summed E-state index contributed by atoms with van der Waals surface area (Å²) in [5.41, 5.74) is 1.19. The fourth-order valence-electron chi connectivity index (χ4n) is 1.03. The smallest absolute Gasteiger partial charge is 0.101 e. The van der Waals surface area contributed by atoms with Crippen LogP contribution in [0, 0.1) is 11.3 Å². The first-order chi connectivity index (χ1) is 6.77. The first kappa shape index (κ1) is 10.5. The minimum absolute atomic E-state index is 0.231. The summed E-state index contributed by atoms with van der Waals surface area (Å²) in [6, 6.07) is 9.04. The number of nitrogens with zero attached hydrogens (tertiary/aromatic N) is 1. The molecule has 3 N–H and O–H groups in total. The highest BCUT2D eigenvalue weighted by atomic mass is 16.3. The summed E-state index contributed by atoms with van der Waals surface area (Å²) in [6.45, 7) is -0.0586. The predicted octanol–water partition coefficient (Wildman–Crippen LogP) is 0.323. The van der Waals surface area contributed by atoms with Crippen molar-refractivity contribution in [3.05, 3.63) is 29.8 Å². The molecule has 4 nitrogen and oxygen atoms in total. The average molecular weight is 192 g/mol. The second-order valence-corrected chi connectivity index (χ2v) is 2.87. The molecule has 0 aromatic heterocycles. The van der Waals surface area contributed by atoms with Gasteiger partial charge in [-0.15, -0.1) is 0 Å². The Morgan fingerprint density at radius 3 is 2.79 bits per heavy atom. The van der Waals surface area contributed by atoms with E-state index in [1.165, 1.54) is 0 Å². The Morgan fingerprint density at radius 1 is 1.43 bits per heavy atom. The van der Waals surface area contributed by atoms with Crippen molar-refractivity contribution in [3.63, 3.8) is 0 Å². The molecule has 0 aliphatic heterocycles. The molecule has 0 amide bonds. The van der Waals surface area contributed by atoms with Crippen molar-refractivity contribution in [2.45, 2.75) is 6.10 Å². The van der Waals surface area contributed by atoms with Crippen LogP contribution in [0.3, 0.4) is 0 Å². The highest BCUT2D eigenvalue weighted by Gasteiger charge is 2.03. The van der Waals surface area contributed by atoms with Crippen LogP contribution in [0.4, 0.5) is 5.69 Å². The molecule has 0 saturated heterocycles. The lowest BCUT2D eigenvalue weighted by Gasteiger charge is -2.10. The SMILES string of the molecule is N#Cc1ccccc1NC[C@H](O)CO. The summed E-state index contributed by atoms with van der Waals surface area (Å²) >= 11 is 0. The topological polar surface area (TPSA) is 76.3 Å². The highest BCUT2D eigenvalue weighted by molar-refractivity contribution is 5.57. The number of para-hydroxylation sites is 1. The summed E-state index contributed by atoms with van der Waals surface area (Å²) in [6.07, 6.45) is -0.804. The Bertz CT molecular complexity index is 333. The van der Waals surface area contributed by atoms with Crippen LogP contribution in [0.25, 0.3) is 0 Å². The van der Waals surface area contributed by atoms with Crippen LogP contribution in [-0.2, 0) is 0 Å². The molecule has 0 aliphatic carbocycles. The van der Waals surface area contributed by atoms with Crippen molar-refractivity contribution in [2.24, 2.45) is 0 Å². The van der Waals surface area contributed by atoms with Crippen LogP contribution in [-0.4, -0.2) is 29.5 Å². The van der Waals surface area contributed by atoms with Gasteiger partial charge in [0.15, 0.2) is 0 Å². The maximum atomic E-state index is 9.09. The number of hydrogen-bond donors (Lipinski definition) is 3. The third-order valence-electron chi connectivity index (χ3n) is 1.79. The fourth-order valence-corrected chi connectivity index (χ4v) is 1.03. The van der Waals surface area contributed by atoms with E-state index in [0.717, 1.165) is 0 Å². The molecule has 0 radical (unpaired) electrons. The van der Waals surface area contributed by atoms with Gasteiger partial charge in [-0.2, -0.15) is 5.26 Å². The molecule has 0 fully saturated rings. The Hall–Kier alpha value is -1.57. The second kappa shape index (κ2) is 5.22. The first-order valence-corrected chi connectivity index (χ1v) is 4.30. The molecule has 1 rings (SSSR count). The van der Waals surface area contributed by atoms with E-state index < -0.39 is 6.10 Å². The lowest BCUT2D eigenvalue weighted by molar-refractivity contribution is 0.105. The Balaban J connectivity index is 2.63. The van der Waals surface area contributed by atoms with Crippen LogP contribution in [0.5, 0.6) is 0 Å². The number of hydrogen-bond acceptors (Lipinski definition) is 4. The van der Waals surface area contributed by atoms with Crippen LogP contribution in [0.15, 0.2) is 24.3 Å². The maximum absolute atomic E-state index is 9.09. The van der Waals surface area contributed by atoms with Crippen LogP contribution in [0.2, 0.25) is 0 Å². The number of anilines is 1. The molecular formula is C10H12N2O2. The van der Waals surface area contributed by atoms with Gasteiger partial charge in [-0.05, 0) is 12.1 Å². The monoisotopic (exact) mass is 192 g/mol. The summed E-state index contributed by atoms with van der Waals surface area (Å²) in [7, 11) is 0. The molecule has 0 bridgehead atoms. The van der Waals surface area contributed by atoms with Crippen LogP contribution < -0.4 is 5.32 Å².